The number of nitrogens with one attached hydrogen (secondary N) is 1. The Morgan fingerprint density at radius 1 is 1.29 bits per heavy atom. The summed E-state index contributed by atoms with van der Waals surface area (Å²) in [5, 5.41) is 3.48. The van der Waals surface area contributed by atoms with Gasteiger partial charge >= 0.3 is 0 Å². The van der Waals surface area contributed by atoms with E-state index in [9.17, 15) is 4.79 Å². The number of hydrogen-bond donors (Lipinski definition) is 1. The molecule has 0 aliphatic carbocycles. The van der Waals surface area contributed by atoms with E-state index in [1.54, 1.807) is 6.26 Å². The maximum absolute atomic E-state index is 13.0. The Kier molecular flexibility index (Phi) is 3.24. The lowest BCUT2D eigenvalue weighted by molar-refractivity contribution is 0.0340. The summed E-state index contributed by atoms with van der Waals surface area (Å²) in [5.41, 5.74) is 0.882. The largest absolute Gasteiger partial charge is 0.465 e. The molecule has 2 unspecified atom stereocenters. The average Bonchev–Trinajstić information content (AvgIpc) is 3.02. The molecule has 1 aromatic heterocycles. The molecule has 2 atom stereocenters. The summed E-state index contributed by atoms with van der Waals surface area (Å²) in [4.78, 5) is 14.9. The predicted octanol–water partition coefficient (Wildman–Crippen LogP) is 3.82. The first-order valence-corrected chi connectivity index (χ1v) is 7.32. The number of carbonyl (C=O) groups is 1. The zero-order chi connectivity index (χ0) is 15.0. The molecule has 0 radical (unpaired) electrons. The van der Waals surface area contributed by atoms with Gasteiger partial charge in [-0.2, -0.15) is 0 Å². The third-order valence-corrected chi connectivity index (χ3v) is 4.27. The minimum Gasteiger partial charge on any atom is -0.465 e. The van der Waals surface area contributed by atoms with Crippen molar-refractivity contribution >= 4 is 11.6 Å². The molecule has 1 aliphatic heterocycles. The molecule has 0 spiro atoms. The Balaban J connectivity index is 2.16. The SMILES string of the molecule is CCC(C)N1C(=O)c2ccccc2NC1(C)c1ccco1. The van der Waals surface area contributed by atoms with Crippen LogP contribution in [0.25, 0.3) is 0 Å². The van der Waals surface area contributed by atoms with Gasteiger partial charge in [0, 0.05) is 11.7 Å². The summed E-state index contributed by atoms with van der Waals surface area (Å²) in [7, 11) is 0. The van der Waals surface area contributed by atoms with Gasteiger partial charge in [-0.1, -0.05) is 19.1 Å². The van der Waals surface area contributed by atoms with Crippen LogP contribution in [0.4, 0.5) is 5.69 Å². The minimum atomic E-state index is -0.676. The van der Waals surface area contributed by atoms with E-state index < -0.39 is 5.66 Å². The maximum atomic E-state index is 13.0. The standard InChI is InChI=1S/C17H20N2O2/c1-4-12(2)19-16(20)13-8-5-6-9-14(13)18-17(19,3)15-10-7-11-21-15/h5-12,18H,4H2,1-3H3. The molecule has 0 bridgehead atoms. The molecular formula is C17H20N2O2. The van der Waals surface area contributed by atoms with E-state index in [4.69, 9.17) is 4.42 Å². The molecule has 4 heteroatoms. The maximum Gasteiger partial charge on any atom is 0.258 e. The van der Waals surface area contributed by atoms with Gasteiger partial charge in [0.1, 0.15) is 5.76 Å². The predicted molar refractivity (Wildman–Crippen MR) is 82.0 cm³/mol. The van der Waals surface area contributed by atoms with E-state index in [0.717, 1.165) is 17.9 Å². The van der Waals surface area contributed by atoms with Gasteiger partial charge in [-0.05, 0) is 44.5 Å². The Morgan fingerprint density at radius 2 is 2.05 bits per heavy atom. The minimum absolute atomic E-state index is 0.0394. The van der Waals surface area contributed by atoms with Crippen molar-refractivity contribution in [2.75, 3.05) is 5.32 Å². The topological polar surface area (TPSA) is 45.5 Å². The molecular weight excluding hydrogens is 264 g/mol. The molecule has 4 nitrogen and oxygen atoms in total. The Bertz CT molecular complexity index is 651. The van der Waals surface area contributed by atoms with Crippen LogP contribution in [0.2, 0.25) is 0 Å². The van der Waals surface area contributed by atoms with Gasteiger partial charge in [0.25, 0.3) is 5.91 Å². The summed E-state index contributed by atoms with van der Waals surface area (Å²) < 4.78 is 5.61. The summed E-state index contributed by atoms with van der Waals surface area (Å²) in [6.45, 7) is 6.14. The van der Waals surface area contributed by atoms with Gasteiger partial charge < -0.3 is 14.6 Å². The smallest absolute Gasteiger partial charge is 0.258 e. The van der Waals surface area contributed by atoms with Crippen LogP contribution in [0.1, 0.15) is 43.3 Å². The van der Waals surface area contributed by atoms with Crippen LogP contribution in [0.5, 0.6) is 0 Å². The van der Waals surface area contributed by atoms with Crippen LogP contribution in [-0.4, -0.2) is 16.8 Å². The molecule has 21 heavy (non-hydrogen) atoms. The van der Waals surface area contributed by atoms with E-state index in [2.05, 4.69) is 19.2 Å². The van der Waals surface area contributed by atoms with Gasteiger partial charge in [-0.3, -0.25) is 4.79 Å². The van der Waals surface area contributed by atoms with Crippen LogP contribution in [0, 0.1) is 0 Å². The summed E-state index contributed by atoms with van der Waals surface area (Å²) >= 11 is 0. The van der Waals surface area contributed by atoms with Crippen molar-refractivity contribution in [2.45, 2.75) is 38.9 Å². The molecule has 2 aromatic rings. The highest BCUT2D eigenvalue weighted by Gasteiger charge is 2.46. The quantitative estimate of drug-likeness (QED) is 0.932. The molecule has 1 N–H and O–H groups in total. The van der Waals surface area contributed by atoms with Crippen molar-refractivity contribution in [3.05, 3.63) is 54.0 Å². The van der Waals surface area contributed by atoms with Crippen molar-refractivity contribution in [3.63, 3.8) is 0 Å². The molecule has 3 rings (SSSR count). The first-order chi connectivity index (χ1) is 10.1. The van der Waals surface area contributed by atoms with Crippen molar-refractivity contribution in [3.8, 4) is 0 Å². The highest BCUT2D eigenvalue weighted by Crippen LogP contribution is 2.39. The molecule has 1 aromatic carbocycles. The highest BCUT2D eigenvalue weighted by atomic mass is 16.3. The Morgan fingerprint density at radius 3 is 2.71 bits per heavy atom. The van der Waals surface area contributed by atoms with Gasteiger partial charge in [0.15, 0.2) is 5.66 Å². The molecule has 0 saturated carbocycles. The molecule has 2 heterocycles. The van der Waals surface area contributed by atoms with E-state index in [1.165, 1.54) is 0 Å². The average molecular weight is 284 g/mol. The molecule has 1 amide bonds. The van der Waals surface area contributed by atoms with Crippen LogP contribution in [0.15, 0.2) is 47.1 Å². The fourth-order valence-corrected chi connectivity index (χ4v) is 2.99. The lowest BCUT2D eigenvalue weighted by atomic mass is 9.96. The number of fused-ring (bicyclic) bond motifs is 1. The van der Waals surface area contributed by atoms with Gasteiger partial charge in [-0.25, -0.2) is 0 Å². The number of furan rings is 1. The first-order valence-electron chi connectivity index (χ1n) is 7.32. The molecule has 0 fully saturated rings. The number of nitrogens with zero attached hydrogens (tertiary/aromatic N) is 1. The Hall–Kier alpha value is -2.23. The number of hydrogen-bond acceptors (Lipinski definition) is 3. The third-order valence-electron chi connectivity index (χ3n) is 4.27. The van der Waals surface area contributed by atoms with Crippen molar-refractivity contribution in [1.82, 2.24) is 4.90 Å². The number of benzene rings is 1. The normalized spacial score (nSPS) is 22.6. The van der Waals surface area contributed by atoms with E-state index in [-0.39, 0.29) is 11.9 Å². The van der Waals surface area contributed by atoms with E-state index in [1.807, 2.05) is 48.2 Å². The second-order valence-electron chi connectivity index (χ2n) is 5.65. The molecule has 0 saturated heterocycles. The van der Waals surface area contributed by atoms with Crippen LogP contribution in [-0.2, 0) is 5.66 Å². The fourth-order valence-electron chi connectivity index (χ4n) is 2.99. The van der Waals surface area contributed by atoms with Crippen LogP contribution < -0.4 is 5.32 Å². The number of carbonyl (C=O) groups excluding carboxylic acids is 1. The monoisotopic (exact) mass is 284 g/mol. The summed E-state index contributed by atoms with van der Waals surface area (Å²) in [6, 6.07) is 11.5. The Labute approximate surface area is 124 Å². The van der Waals surface area contributed by atoms with Gasteiger partial charge in [-0.15, -0.1) is 0 Å². The molecule has 110 valence electrons. The highest BCUT2D eigenvalue weighted by molar-refractivity contribution is 6.02. The first kappa shape index (κ1) is 13.7. The summed E-state index contributed by atoms with van der Waals surface area (Å²) in [6.07, 6.45) is 2.52. The van der Waals surface area contributed by atoms with Gasteiger partial charge in [0.2, 0.25) is 0 Å². The van der Waals surface area contributed by atoms with Crippen molar-refractivity contribution in [1.29, 1.82) is 0 Å². The van der Waals surface area contributed by atoms with Crippen LogP contribution >= 0.6 is 0 Å². The van der Waals surface area contributed by atoms with E-state index >= 15 is 0 Å². The molecule has 1 aliphatic rings. The second kappa shape index (κ2) is 4.95. The van der Waals surface area contributed by atoms with Crippen molar-refractivity contribution in [2.24, 2.45) is 0 Å². The second-order valence-corrected chi connectivity index (χ2v) is 5.65. The lowest BCUT2D eigenvalue weighted by Crippen LogP contribution is -2.58. The lowest BCUT2D eigenvalue weighted by Gasteiger charge is -2.47. The van der Waals surface area contributed by atoms with E-state index in [0.29, 0.717) is 5.56 Å². The zero-order valence-electron chi connectivity index (χ0n) is 12.6. The van der Waals surface area contributed by atoms with Crippen LogP contribution in [0.3, 0.4) is 0 Å². The summed E-state index contributed by atoms with van der Waals surface area (Å²) in [5.74, 6) is 0.781. The fraction of sp³-hybridized carbons (Fsp3) is 0.353. The third kappa shape index (κ3) is 2.02. The number of rotatable bonds is 3. The number of para-hydroxylation sites is 1. The van der Waals surface area contributed by atoms with Gasteiger partial charge in [0.05, 0.1) is 11.8 Å². The van der Waals surface area contributed by atoms with Crippen molar-refractivity contribution < 1.29 is 9.21 Å². The zero-order valence-corrected chi connectivity index (χ0v) is 12.6. The number of amides is 1. The number of anilines is 1.